The predicted octanol–water partition coefficient (Wildman–Crippen LogP) is 2.28. The number of aromatic nitrogens is 4. The Morgan fingerprint density at radius 2 is 1.81 bits per heavy atom. The van der Waals surface area contributed by atoms with E-state index in [1.54, 1.807) is 10.9 Å². The highest BCUT2D eigenvalue weighted by atomic mass is 16.2. The van der Waals surface area contributed by atoms with Gasteiger partial charge >= 0.3 is 6.03 Å². The molecule has 3 aromatic rings. The molecule has 2 N–H and O–H groups in total. The zero-order valence-corrected chi connectivity index (χ0v) is 15.4. The van der Waals surface area contributed by atoms with Crippen LogP contribution in [0.4, 0.5) is 4.79 Å². The smallest absolute Gasteiger partial charge is 0.315 e. The van der Waals surface area contributed by atoms with Gasteiger partial charge in [0.25, 0.3) is 0 Å². The topological polar surface area (TPSA) is 76.8 Å². The Balaban J connectivity index is 1.56. The number of nitrogens with one attached hydrogen (secondary N) is 2. The van der Waals surface area contributed by atoms with Gasteiger partial charge in [-0.3, -0.25) is 9.36 Å². The van der Waals surface area contributed by atoms with E-state index in [1.165, 1.54) is 5.56 Å². The highest BCUT2D eigenvalue weighted by Crippen LogP contribution is 2.14. The quantitative estimate of drug-likeness (QED) is 0.714. The van der Waals surface area contributed by atoms with Gasteiger partial charge in [-0.15, -0.1) is 0 Å². The number of hydrogen-bond donors (Lipinski definition) is 2. The van der Waals surface area contributed by atoms with Gasteiger partial charge in [-0.2, -0.15) is 10.2 Å². The van der Waals surface area contributed by atoms with Crippen molar-refractivity contribution in [1.29, 1.82) is 0 Å². The number of amides is 2. The molecule has 0 saturated heterocycles. The average molecular weight is 352 g/mol. The minimum atomic E-state index is -0.205. The molecule has 0 aliphatic carbocycles. The first-order chi connectivity index (χ1) is 12.5. The maximum atomic E-state index is 12.0. The van der Waals surface area contributed by atoms with E-state index in [4.69, 9.17) is 0 Å². The van der Waals surface area contributed by atoms with Crippen LogP contribution in [-0.2, 0) is 26.7 Å². The molecule has 0 unspecified atom stereocenters. The molecule has 0 fully saturated rings. The monoisotopic (exact) mass is 352 g/mol. The molecule has 0 bridgehead atoms. The molecule has 0 radical (unpaired) electrons. The van der Waals surface area contributed by atoms with Crippen molar-refractivity contribution in [2.45, 2.75) is 33.5 Å². The van der Waals surface area contributed by atoms with E-state index < -0.39 is 0 Å². The lowest BCUT2D eigenvalue weighted by Crippen LogP contribution is -2.34. The molecule has 0 saturated carbocycles. The Morgan fingerprint density at radius 3 is 2.50 bits per heavy atom. The van der Waals surface area contributed by atoms with Crippen LogP contribution >= 0.6 is 0 Å². The predicted molar refractivity (Wildman–Crippen MR) is 99.5 cm³/mol. The Labute approximate surface area is 153 Å². The summed E-state index contributed by atoms with van der Waals surface area (Å²) in [5.41, 5.74) is 5.22. The van der Waals surface area contributed by atoms with E-state index >= 15 is 0 Å². The van der Waals surface area contributed by atoms with Crippen molar-refractivity contribution in [2.24, 2.45) is 7.05 Å². The number of rotatable bonds is 6. The van der Waals surface area contributed by atoms with Gasteiger partial charge in [-0.25, -0.2) is 4.79 Å². The molecule has 1 aromatic carbocycles. The maximum Gasteiger partial charge on any atom is 0.315 e. The summed E-state index contributed by atoms with van der Waals surface area (Å²) < 4.78 is 3.69. The number of carbonyl (C=O) groups excluding carboxylic acids is 1. The summed E-state index contributed by atoms with van der Waals surface area (Å²) in [6, 6.07) is 10.0. The Kier molecular flexibility index (Phi) is 5.36. The van der Waals surface area contributed by atoms with E-state index in [-0.39, 0.29) is 6.03 Å². The van der Waals surface area contributed by atoms with Gasteiger partial charge in [0.2, 0.25) is 0 Å². The van der Waals surface area contributed by atoms with Crippen LogP contribution in [0.15, 0.2) is 42.7 Å². The molecule has 0 atom stereocenters. The molecule has 0 spiro atoms. The van der Waals surface area contributed by atoms with Crippen LogP contribution in [0.2, 0.25) is 0 Å². The summed E-state index contributed by atoms with van der Waals surface area (Å²) in [6.45, 7) is 5.63. The minimum Gasteiger partial charge on any atom is -0.334 e. The Bertz CT molecular complexity index is 881. The van der Waals surface area contributed by atoms with E-state index in [0.717, 1.165) is 29.1 Å². The number of hydrogen-bond acceptors (Lipinski definition) is 3. The summed E-state index contributed by atoms with van der Waals surface area (Å²) in [4.78, 5) is 12.0. The second-order valence-electron chi connectivity index (χ2n) is 6.35. The first-order valence-electron chi connectivity index (χ1n) is 8.59. The van der Waals surface area contributed by atoms with Crippen molar-refractivity contribution >= 4 is 6.03 Å². The lowest BCUT2D eigenvalue weighted by Gasteiger charge is -2.08. The van der Waals surface area contributed by atoms with Crippen molar-refractivity contribution in [3.8, 4) is 0 Å². The average Bonchev–Trinajstić information content (AvgIpc) is 3.16. The molecule has 7 nitrogen and oxygen atoms in total. The zero-order chi connectivity index (χ0) is 18.5. The number of aryl methyl sites for hydroxylation is 2. The number of urea groups is 1. The van der Waals surface area contributed by atoms with Gasteiger partial charge in [0.05, 0.1) is 18.4 Å². The maximum absolute atomic E-state index is 12.0. The Morgan fingerprint density at radius 1 is 1.08 bits per heavy atom. The van der Waals surface area contributed by atoms with E-state index in [1.807, 2.05) is 50.0 Å². The molecule has 26 heavy (non-hydrogen) atoms. The first kappa shape index (κ1) is 17.7. The van der Waals surface area contributed by atoms with Crippen LogP contribution in [0.3, 0.4) is 0 Å². The fourth-order valence-corrected chi connectivity index (χ4v) is 2.88. The molecular formula is C19H24N6O. The van der Waals surface area contributed by atoms with Gasteiger partial charge < -0.3 is 10.6 Å². The highest BCUT2D eigenvalue weighted by molar-refractivity contribution is 5.73. The summed E-state index contributed by atoms with van der Waals surface area (Å²) in [5, 5.41) is 14.4. The SMILES string of the molecule is Cc1nn(Cc2ccccc2)c(C)c1CNC(=O)NCc1cnn(C)c1. The molecule has 3 rings (SSSR count). The van der Waals surface area contributed by atoms with E-state index in [0.29, 0.717) is 13.1 Å². The third-order valence-electron chi connectivity index (χ3n) is 4.34. The van der Waals surface area contributed by atoms with E-state index in [2.05, 4.69) is 33.0 Å². The summed E-state index contributed by atoms with van der Waals surface area (Å²) >= 11 is 0. The molecular weight excluding hydrogens is 328 g/mol. The molecule has 136 valence electrons. The Hall–Kier alpha value is -3.09. The fourth-order valence-electron chi connectivity index (χ4n) is 2.88. The van der Waals surface area contributed by atoms with Gasteiger partial charge in [0.1, 0.15) is 0 Å². The summed E-state index contributed by atoms with van der Waals surface area (Å²) in [5.74, 6) is 0. The van der Waals surface area contributed by atoms with Crippen molar-refractivity contribution in [1.82, 2.24) is 30.2 Å². The molecule has 0 aliphatic rings. The van der Waals surface area contributed by atoms with Crippen LogP contribution < -0.4 is 10.6 Å². The van der Waals surface area contributed by atoms with Crippen LogP contribution in [0.25, 0.3) is 0 Å². The van der Waals surface area contributed by atoms with E-state index in [9.17, 15) is 4.79 Å². The normalized spacial score (nSPS) is 10.7. The van der Waals surface area contributed by atoms with Crippen LogP contribution in [-0.4, -0.2) is 25.6 Å². The first-order valence-corrected chi connectivity index (χ1v) is 8.59. The molecule has 2 amide bonds. The number of benzene rings is 1. The van der Waals surface area contributed by atoms with Gasteiger partial charge in [-0.1, -0.05) is 30.3 Å². The van der Waals surface area contributed by atoms with Crippen molar-refractivity contribution < 1.29 is 4.79 Å². The molecule has 7 heteroatoms. The molecule has 2 heterocycles. The summed E-state index contributed by atoms with van der Waals surface area (Å²) in [6.07, 6.45) is 3.62. The van der Waals surface area contributed by atoms with Crippen LogP contribution in [0.1, 0.15) is 28.1 Å². The number of nitrogens with zero attached hydrogens (tertiary/aromatic N) is 4. The van der Waals surface area contributed by atoms with Crippen LogP contribution in [0.5, 0.6) is 0 Å². The second-order valence-corrected chi connectivity index (χ2v) is 6.35. The summed E-state index contributed by atoms with van der Waals surface area (Å²) in [7, 11) is 1.85. The van der Waals surface area contributed by atoms with Gasteiger partial charge in [0.15, 0.2) is 0 Å². The minimum absolute atomic E-state index is 0.205. The molecule has 0 aliphatic heterocycles. The number of carbonyl (C=O) groups is 1. The fraction of sp³-hybridized carbons (Fsp3) is 0.316. The lowest BCUT2D eigenvalue weighted by molar-refractivity contribution is 0.240. The van der Waals surface area contributed by atoms with Crippen LogP contribution in [0, 0.1) is 13.8 Å². The molecule has 2 aromatic heterocycles. The van der Waals surface area contributed by atoms with Gasteiger partial charge in [0, 0.05) is 43.2 Å². The second kappa shape index (κ2) is 7.86. The van der Waals surface area contributed by atoms with Crippen molar-refractivity contribution in [2.75, 3.05) is 0 Å². The van der Waals surface area contributed by atoms with Crippen molar-refractivity contribution in [3.63, 3.8) is 0 Å². The van der Waals surface area contributed by atoms with Crippen molar-refractivity contribution in [3.05, 3.63) is 70.8 Å². The zero-order valence-electron chi connectivity index (χ0n) is 15.4. The van der Waals surface area contributed by atoms with Gasteiger partial charge in [-0.05, 0) is 19.4 Å². The standard InChI is InChI=1S/C19H24N6O/c1-14-18(11-21-19(26)20-9-17-10-22-24(3)12-17)15(2)25(23-14)13-16-7-5-4-6-8-16/h4-8,10,12H,9,11,13H2,1-3H3,(H2,20,21,26). The third kappa shape index (κ3) is 4.30. The lowest BCUT2D eigenvalue weighted by atomic mass is 10.2. The highest BCUT2D eigenvalue weighted by Gasteiger charge is 2.13. The third-order valence-corrected chi connectivity index (χ3v) is 4.34. The largest absolute Gasteiger partial charge is 0.334 e.